The van der Waals surface area contributed by atoms with E-state index in [0.717, 1.165) is 30.4 Å². The summed E-state index contributed by atoms with van der Waals surface area (Å²) in [4.78, 5) is 7.25. The lowest BCUT2D eigenvalue weighted by Gasteiger charge is -2.17. The monoisotopic (exact) mass is 296 g/mol. The maximum Gasteiger partial charge on any atom is 0.154 e. The Kier molecular flexibility index (Phi) is 2.96. The van der Waals surface area contributed by atoms with E-state index in [4.69, 9.17) is 10.8 Å². The lowest BCUT2D eigenvalue weighted by atomic mass is 10.1. The number of hydrogen-bond acceptors (Lipinski definition) is 3. The van der Waals surface area contributed by atoms with Crippen molar-refractivity contribution >= 4 is 17.0 Å². The molecule has 114 valence electrons. The zero-order valence-corrected chi connectivity index (χ0v) is 12.2. The van der Waals surface area contributed by atoms with E-state index in [0.29, 0.717) is 11.9 Å². The van der Waals surface area contributed by atoms with Crippen LogP contribution in [0, 0.1) is 16.7 Å². The van der Waals surface area contributed by atoms with Crippen LogP contribution < -0.4 is 5.49 Å². The van der Waals surface area contributed by atoms with Gasteiger partial charge in [-0.2, -0.15) is 0 Å². The quantitative estimate of drug-likeness (QED) is 0.493. The van der Waals surface area contributed by atoms with E-state index < -0.39 is 0 Å². The normalized spacial score (nSPS) is 21.5. The highest BCUT2D eigenvalue weighted by Crippen LogP contribution is 2.35. The summed E-state index contributed by atoms with van der Waals surface area (Å²) in [6, 6.07) is 6.43. The van der Waals surface area contributed by atoms with E-state index in [-0.39, 0.29) is 12.8 Å². The number of H-pyrrole nitrogens is 1. The van der Waals surface area contributed by atoms with Gasteiger partial charge in [-0.1, -0.05) is 0 Å². The highest BCUT2D eigenvalue weighted by Gasteiger charge is 2.29. The zero-order valence-electron chi connectivity index (χ0n) is 12.2. The van der Waals surface area contributed by atoms with Crippen molar-refractivity contribution in [2.75, 3.05) is 0 Å². The summed E-state index contributed by atoms with van der Waals surface area (Å²) in [5.41, 5.74) is 1.80. The Morgan fingerprint density at radius 3 is 2.95 bits per heavy atom. The molecule has 0 amide bonds. The van der Waals surface area contributed by atoms with E-state index in [1.165, 1.54) is 6.20 Å². The van der Waals surface area contributed by atoms with E-state index in [9.17, 15) is 0 Å². The average Bonchev–Trinajstić information content (AvgIpc) is 3.25. The van der Waals surface area contributed by atoms with Crippen LogP contribution in [0.15, 0.2) is 43.0 Å². The number of nitrogens with zero attached hydrogens (tertiary/aromatic N) is 3. The van der Waals surface area contributed by atoms with Crippen molar-refractivity contribution in [1.29, 1.82) is 10.8 Å². The third-order valence-corrected chi connectivity index (χ3v) is 4.58. The van der Waals surface area contributed by atoms with E-state index >= 15 is 0 Å². The van der Waals surface area contributed by atoms with Crippen LogP contribution in [0.2, 0.25) is 0 Å². The fourth-order valence-electron chi connectivity index (χ4n) is 3.46. The van der Waals surface area contributed by atoms with Gasteiger partial charge in [-0.05, 0) is 37.5 Å². The van der Waals surface area contributed by atoms with Gasteiger partial charge in [0.15, 0.2) is 5.65 Å². The Morgan fingerprint density at radius 1 is 1.32 bits per heavy atom. The second-order valence-corrected chi connectivity index (χ2v) is 5.87. The average molecular weight is 296 g/mol. The van der Waals surface area contributed by atoms with Gasteiger partial charge in [0.25, 0.3) is 0 Å². The van der Waals surface area contributed by atoms with Gasteiger partial charge in [0.2, 0.25) is 0 Å². The van der Waals surface area contributed by atoms with Gasteiger partial charge in [-0.15, -0.1) is 0 Å². The Morgan fingerprint density at radius 2 is 2.14 bits per heavy atom. The predicted molar refractivity (Wildman–Crippen MR) is 86.0 cm³/mol. The minimum absolute atomic E-state index is 0. The van der Waals surface area contributed by atoms with Gasteiger partial charge in [0.1, 0.15) is 11.3 Å². The number of nitrogens with one attached hydrogen (secondary N) is 3. The number of rotatable bonds is 2. The maximum atomic E-state index is 8.60. The van der Waals surface area contributed by atoms with Crippen LogP contribution in [-0.2, 0) is 0 Å². The first kappa shape index (κ1) is 13.1. The van der Waals surface area contributed by atoms with Gasteiger partial charge in [0, 0.05) is 32.0 Å². The summed E-state index contributed by atoms with van der Waals surface area (Å²) in [6.07, 6.45) is 10.5. The molecule has 22 heavy (non-hydrogen) atoms. The number of aromatic nitrogens is 4. The third kappa shape index (κ3) is 1.99. The predicted octanol–water partition coefficient (Wildman–Crippen LogP) is 2.76. The van der Waals surface area contributed by atoms with Crippen LogP contribution in [0.3, 0.4) is 0 Å². The Labute approximate surface area is 128 Å². The first-order valence-corrected chi connectivity index (χ1v) is 7.55. The summed E-state index contributed by atoms with van der Waals surface area (Å²) in [5, 5.41) is 16.7. The van der Waals surface area contributed by atoms with Crippen molar-refractivity contribution < 1.29 is 1.43 Å². The summed E-state index contributed by atoms with van der Waals surface area (Å²) < 4.78 is 3.94. The highest BCUT2D eigenvalue weighted by molar-refractivity contribution is 5.91. The molecule has 0 radical (unpaired) electrons. The lowest BCUT2D eigenvalue weighted by molar-refractivity contribution is 0.510. The van der Waals surface area contributed by atoms with E-state index in [1.807, 2.05) is 18.2 Å². The van der Waals surface area contributed by atoms with Crippen LogP contribution in [0.1, 0.15) is 26.7 Å². The summed E-state index contributed by atoms with van der Waals surface area (Å²) >= 11 is 0. The fraction of sp³-hybridized carbons (Fsp3) is 0.312. The van der Waals surface area contributed by atoms with Gasteiger partial charge in [0.05, 0.1) is 11.7 Å². The summed E-state index contributed by atoms with van der Waals surface area (Å²) in [6.45, 7) is 0. The van der Waals surface area contributed by atoms with Crippen molar-refractivity contribution in [3.8, 4) is 0 Å². The SMILES string of the molecule is N=C([C@@H]1CC[C@H](n2cccc2)C1)n1c(=N)cnc2[nH]ccc21.[HH]. The molecule has 1 aliphatic carbocycles. The molecule has 0 spiro atoms. The lowest BCUT2D eigenvalue weighted by Crippen LogP contribution is -2.31. The Hall–Kier alpha value is -2.63. The third-order valence-electron chi connectivity index (χ3n) is 4.58. The largest absolute Gasteiger partial charge is 0.351 e. The minimum Gasteiger partial charge on any atom is -0.351 e. The second-order valence-electron chi connectivity index (χ2n) is 5.87. The molecule has 0 bridgehead atoms. The number of aromatic amines is 1. The zero-order chi connectivity index (χ0) is 15.1. The summed E-state index contributed by atoms with van der Waals surface area (Å²) in [5.74, 6) is 0.689. The van der Waals surface area contributed by atoms with Gasteiger partial charge < -0.3 is 9.55 Å². The van der Waals surface area contributed by atoms with E-state index in [1.54, 1.807) is 10.8 Å². The highest BCUT2D eigenvalue weighted by atomic mass is 15.1. The molecule has 3 aromatic heterocycles. The van der Waals surface area contributed by atoms with Crippen molar-refractivity contribution in [2.24, 2.45) is 5.92 Å². The molecule has 6 nitrogen and oxygen atoms in total. The number of hydrogen-bond donors (Lipinski definition) is 3. The molecular weight excluding hydrogens is 276 g/mol. The minimum atomic E-state index is 0. The van der Waals surface area contributed by atoms with Crippen LogP contribution in [0.4, 0.5) is 0 Å². The first-order valence-electron chi connectivity index (χ1n) is 7.55. The molecule has 0 unspecified atom stereocenters. The fourth-order valence-corrected chi connectivity index (χ4v) is 3.46. The van der Waals surface area contributed by atoms with Crippen LogP contribution in [-0.4, -0.2) is 24.9 Å². The molecule has 3 aromatic rings. The Bertz CT molecular complexity index is 876. The smallest absolute Gasteiger partial charge is 0.154 e. The molecule has 0 aliphatic heterocycles. The Balaban J connectivity index is 0.00000156. The van der Waals surface area contributed by atoms with Crippen molar-refractivity contribution in [3.05, 3.63) is 48.5 Å². The molecule has 3 heterocycles. The van der Waals surface area contributed by atoms with Crippen LogP contribution in [0.5, 0.6) is 0 Å². The molecule has 3 N–H and O–H groups in total. The molecule has 1 saturated carbocycles. The number of fused-ring (bicyclic) bond motifs is 1. The molecular formula is C16H20N6. The molecule has 0 aromatic carbocycles. The van der Waals surface area contributed by atoms with Gasteiger partial charge in [-0.25, -0.2) is 4.98 Å². The van der Waals surface area contributed by atoms with Gasteiger partial charge in [-0.3, -0.25) is 15.4 Å². The molecule has 6 heteroatoms. The molecule has 1 fully saturated rings. The van der Waals surface area contributed by atoms with Crippen LogP contribution >= 0.6 is 0 Å². The van der Waals surface area contributed by atoms with Crippen LogP contribution in [0.25, 0.3) is 11.2 Å². The first-order chi connectivity index (χ1) is 10.7. The topological polar surface area (TPSA) is 86.2 Å². The van der Waals surface area contributed by atoms with Crippen molar-refractivity contribution in [3.63, 3.8) is 0 Å². The molecule has 1 aliphatic rings. The van der Waals surface area contributed by atoms with E-state index in [2.05, 4.69) is 26.9 Å². The molecule has 4 rings (SSSR count). The van der Waals surface area contributed by atoms with Gasteiger partial charge >= 0.3 is 0 Å². The molecule has 2 atom stereocenters. The van der Waals surface area contributed by atoms with Crippen molar-refractivity contribution in [2.45, 2.75) is 25.3 Å². The standard InChI is InChI=1S/C16H18N6.H2/c17-14-10-20-16-13(5-6-19-16)22(14)15(18)11-3-4-12(9-11)21-7-1-2-8-21;/h1-2,5-8,10-12,17-19H,3-4,9H2;1H/t11-,12+;/m1./s1. The summed E-state index contributed by atoms with van der Waals surface area (Å²) in [7, 11) is 0. The second kappa shape index (κ2) is 4.98. The molecule has 0 saturated heterocycles. The maximum absolute atomic E-state index is 8.60. The van der Waals surface area contributed by atoms with Crippen molar-refractivity contribution in [1.82, 2.24) is 19.1 Å².